The Labute approximate surface area is 272 Å². The molecule has 2 heterocycles. The van der Waals surface area contributed by atoms with E-state index in [-0.39, 0.29) is 0 Å². The molecule has 0 aliphatic carbocycles. The maximum Gasteiger partial charge on any atom is 0.138 e. The summed E-state index contributed by atoms with van der Waals surface area (Å²) in [4.78, 5) is 17.8. The topological polar surface area (TPSA) is 66.0 Å². The number of benzene rings is 4. The van der Waals surface area contributed by atoms with Crippen LogP contribution >= 0.6 is 0 Å². The van der Waals surface area contributed by atoms with Crippen molar-refractivity contribution in [3.63, 3.8) is 0 Å². The van der Waals surface area contributed by atoms with Gasteiger partial charge >= 0.3 is 0 Å². The lowest BCUT2D eigenvalue weighted by Crippen LogP contribution is -2.13. The van der Waals surface area contributed by atoms with E-state index in [1.54, 1.807) is 0 Å². The molecule has 0 unspecified atom stereocenters. The molecule has 0 fully saturated rings. The van der Waals surface area contributed by atoms with Gasteiger partial charge in [-0.25, -0.2) is 4.98 Å². The lowest BCUT2D eigenvalue weighted by Gasteiger charge is -2.10. The number of hydrogen-bond acceptors (Lipinski definition) is 6. The van der Waals surface area contributed by atoms with Crippen LogP contribution in [0.3, 0.4) is 0 Å². The summed E-state index contributed by atoms with van der Waals surface area (Å²) in [5.41, 5.74) is 9.82. The van der Waals surface area contributed by atoms with Gasteiger partial charge in [0.1, 0.15) is 17.3 Å². The molecule has 6 rings (SSSR count). The number of imidazole rings is 1. The van der Waals surface area contributed by atoms with Crippen LogP contribution in [0.25, 0.3) is 33.5 Å². The maximum absolute atomic E-state index is 5.95. The second-order valence-electron chi connectivity index (χ2n) is 12.7. The number of hydrogen-bond donors (Lipinski definition) is 1. The van der Waals surface area contributed by atoms with E-state index in [1.807, 2.05) is 12.1 Å². The molecule has 5 aromatic rings. The zero-order valence-electron chi connectivity index (χ0n) is 27.6. The maximum atomic E-state index is 5.95. The Morgan fingerprint density at radius 1 is 0.630 bits per heavy atom. The van der Waals surface area contributed by atoms with Gasteiger partial charge < -0.3 is 24.3 Å². The van der Waals surface area contributed by atoms with Crippen molar-refractivity contribution in [3.05, 3.63) is 96.1 Å². The third kappa shape index (κ3) is 8.03. The monoisotopic (exact) mass is 615 g/mol. The summed E-state index contributed by atoms with van der Waals surface area (Å²) in [7, 11) is 8.41. The van der Waals surface area contributed by atoms with Crippen LogP contribution in [0.5, 0.6) is 11.5 Å². The molecule has 1 aliphatic heterocycles. The van der Waals surface area contributed by atoms with Crippen LogP contribution in [-0.4, -0.2) is 80.0 Å². The number of ether oxygens (including phenoxy) is 2. The number of aromatic nitrogens is 2. The molecule has 0 bridgehead atoms. The van der Waals surface area contributed by atoms with E-state index in [9.17, 15) is 0 Å². The molecule has 0 radical (unpaired) electrons. The first-order valence-corrected chi connectivity index (χ1v) is 16.4. The van der Waals surface area contributed by atoms with Crippen molar-refractivity contribution in [2.75, 3.05) is 54.5 Å². The van der Waals surface area contributed by atoms with Crippen molar-refractivity contribution >= 4 is 22.4 Å². The van der Waals surface area contributed by atoms with Gasteiger partial charge in [-0.15, -0.1) is 0 Å². The lowest BCUT2D eigenvalue weighted by atomic mass is 10.00. The predicted molar refractivity (Wildman–Crippen MR) is 190 cm³/mol. The number of aromatic amines is 1. The van der Waals surface area contributed by atoms with Crippen LogP contribution in [-0.2, 0) is 6.42 Å². The molecular weight excluding hydrogens is 570 g/mol. The highest BCUT2D eigenvalue weighted by molar-refractivity contribution is 6.07. The van der Waals surface area contributed by atoms with Gasteiger partial charge in [-0.05, 0) is 156 Å². The van der Waals surface area contributed by atoms with Gasteiger partial charge in [-0.1, -0.05) is 18.2 Å². The molecule has 4 aromatic carbocycles. The van der Waals surface area contributed by atoms with Crippen LogP contribution < -0.4 is 9.47 Å². The third-order valence-electron chi connectivity index (χ3n) is 8.37. The Morgan fingerprint density at radius 3 is 1.83 bits per heavy atom. The third-order valence-corrected chi connectivity index (χ3v) is 8.37. The molecule has 7 nitrogen and oxygen atoms in total. The first-order chi connectivity index (χ1) is 22.4. The molecule has 1 aliphatic rings. The fourth-order valence-electron chi connectivity index (χ4n) is 5.75. The van der Waals surface area contributed by atoms with Crippen molar-refractivity contribution in [1.29, 1.82) is 0 Å². The van der Waals surface area contributed by atoms with Crippen LogP contribution in [0, 0.1) is 0 Å². The SMILES string of the molecule is CN(C)CCCCOc1ccc(C2=Nc3cc(-c4ccc5nc(-c6ccc(OCCCCN(C)C)cc6)[nH]c5c4)ccc3C2)cc1. The van der Waals surface area contributed by atoms with Gasteiger partial charge in [0, 0.05) is 12.0 Å². The van der Waals surface area contributed by atoms with Gasteiger partial charge in [0.2, 0.25) is 0 Å². The Kier molecular flexibility index (Phi) is 10.1. The number of rotatable bonds is 15. The number of H-pyrrole nitrogens is 1. The number of nitrogens with zero attached hydrogens (tertiary/aromatic N) is 4. The first-order valence-electron chi connectivity index (χ1n) is 16.4. The quantitative estimate of drug-likeness (QED) is 0.121. The molecule has 0 atom stereocenters. The van der Waals surface area contributed by atoms with E-state index in [2.05, 4.69) is 116 Å². The summed E-state index contributed by atoms with van der Waals surface area (Å²) in [6.07, 6.45) is 5.21. The van der Waals surface area contributed by atoms with Crippen molar-refractivity contribution in [1.82, 2.24) is 19.8 Å². The van der Waals surface area contributed by atoms with Crippen molar-refractivity contribution in [2.24, 2.45) is 4.99 Å². The lowest BCUT2D eigenvalue weighted by molar-refractivity contribution is 0.293. The van der Waals surface area contributed by atoms with Crippen LogP contribution in [0.4, 0.5) is 5.69 Å². The van der Waals surface area contributed by atoms with Crippen LogP contribution in [0.1, 0.15) is 36.8 Å². The number of unbranched alkanes of at least 4 members (excludes halogenated alkanes) is 2. The average molecular weight is 616 g/mol. The summed E-state index contributed by atoms with van der Waals surface area (Å²) in [5.74, 6) is 2.66. The van der Waals surface area contributed by atoms with E-state index < -0.39 is 0 Å². The second kappa shape index (κ2) is 14.8. The number of aliphatic imine (C=N–C) groups is 1. The van der Waals surface area contributed by atoms with Gasteiger partial charge in [0.15, 0.2) is 0 Å². The van der Waals surface area contributed by atoms with Crippen LogP contribution in [0.15, 0.2) is 89.9 Å². The fourth-order valence-corrected chi connectivity index (χ4v) is 5.75. The summed E-state index contributed by atoms with van der Waals surface area (Å²) in [6.45, 7) is 3.65. The molecule has 7 heteroatoms. The van der Waals surface area contributed by atoms with E-state index in [0.717, 1.165) is 120 Å². The molecular formula is C39H45N5O2. The molecule has 46 heavy (non-hydrogen) atoms. The van der Waals surface area contributed by atoms with Gasteiger partial charge in [-0.3, -0.25) is 4.99 Å². The summed E-state index contributed by atoms with van der Waals surface area (Å²) >= 11 is 0. The van der Waals surface area contributed by atoms with E-state index in [0.29, 0.717) is 0 Å². The first kappa shape index (κ1) is 31.5. The van der Waals surface area contributed by atoms with Gasteiger partial charge in [-0.2, -0.15) is 0 Å². The highest BCUT2D eigenvalue weighted by atomic mass is 16.5. The van der Waals surface area contributed by atoms with E-state index >= 15 is 0 Å². The molecule has 238 valence electrons. The average Bonchev–Trinajstić information content (AvgIpc) is 3.68. The second-order valence-corrected chi connectivity index (χ2v) is 12.7. The molecule has 0 spiro atoms. The smallest absolute Gasteiger partial charge is 0.138 e. The van der Waals surface area contributed by atoms with Crippen molar-refractivity contribution < 1.29 is 9.47 Å². The Hall–Kier alpha value is -4.46. The Bertz CT molecular complexity index is 1770. The highest BCUT2D eigenvalue weighted by Crippen LogP contribution is 2.35. The largest absolute Gasteiger partial charge is 0.494 e. The molecule has 1 N–H and O–H groups in total. The van der Waals surface area contributed by atoms with Crippen molar-refractivity contribution in [2.45, 2.75) is 32.1 Å². The van der Waals surface area contributed by atoms with E-state index in [4.69, 9.17) is 19.5 Å². The van der Waals surface area contributed by atoms with Gasteiger partial charge in [0.05, 0.1) is 35.6 Å². The van der Waals surface area contributed by atoms with Gasteiger partial charge in [0.25, 0.3) is 0 Å². The minimum absolute atomic E-state index is 0.732. The molecule has 0 saturated carbocycles. The van der Waals surface area contributed by atoms with Crippen LogP contribution in [0.2, 0.25) is 0 Å². The molecule has 0 saturated heterocycles. The predicted octanol–water partition coefficient (Wildman–Crippen LogP) is 8.02. The fraction of sp³-hybridized carbons (Fsp3) is 0.333. The van der Waals surface area contributed by atoms with E-state index in [1.165, 1.54) is 5.56 Å². The minimum Gasteiger partial charge on any atom is -0.494 e. The molecule has 1 aromatic heterocycles. The normalized spacial score (nSPS) is 12.6. The minimum atomic E-state index is 0.732. The zero-order chi connectivity index (χ0) is 31.9. The molecule has 0 amide bonds. The standard InChI is InChI=1S/C39H45N5O2/c1-43(2)21-5-7-23-45-33-16-11-28(12-17-33)36-27-32-10-9-30(25-37(32)40-36)31-15-20-35-38(26-31)42-39(41-35)29-13-18-34(19-14-29)46-24-8-6-22-44(3)4/h9-20,25-26H,5-8,21-24,27H2,1-4H3,(H,41,42). The van der Waals surface area contributed by atoms with Crippen molar-refractivity contribution in [3.8, 4) is 34.0 Å². The highest BCUT2D eigenvalue weighted by Gasteiger charge is 2.17. The number of nitrogens with one attached hydrogen (secondary N) is 1. The Balaban J connectivity index is 1.08. The zero-order valence-corrected chi connectivity index (χ0v) is 27.6. The number of fused-ring (bicyclic) bond motifs is 2. The Morgan fingerprint density at radius 2 is 1.20 bits per heavy atom. The summed E-state index contributed by atoms with van der Waals surface area (Å²) in [6, 6.07) is 29.6. The summed E-state index contributed by atoms with van der Waals surface area (Å²) < 4.78 is 11.9. The summed E-state index contributed by atoms with van der Waals surface area (Å²) in [5, 5.41) is 0.